The number of rotatable bonds is 5. The van der Waals surface area contributed by atoms with Crippen LogP contribution in [0, 0.1) is 0 Å². The lowest BCUT2D eigenvalue weighted by Crippen LogP contribution is -2.01. The van der Waals surface area contributed by atoms with Gasteiger partial charge in [0.2, 0.25) is 0 Å². The molecule has 88 valence electrons. The third kappa shape index (κ3) is 3.21. The van der Waals surface area contributed by atoms with Crippen molar-refractivity contribution in [3.8, 4) is 5.75 Å². The first-order chi connectivity index (χ1) is 8.25. The Hall–Kier alpha value is -2.03. The Balaban J connectivity index is 1.97. The number of ether oxygens (including phenoxy) is 1. The fourth-order valence-electron chi connectivity index (χ4n) is 1.67. The van der Waals surface area contributed by atoms with E-state index in [4.69, 9.17) is 9.84 Å². The molecule has 0 amide bonds. The summed E-state index contributed by atoms with van der Waals surface area (Å²) < 4.78 is 5.50. The van der Waals surface area contributed by atoms with Crippen LogP contribution >= 0.6 is 0 Å². The molecule has 0 unspecified atom stereocenters. The second-order valence-corrected chi connectivity index (χ2v) is 3.85. The second-order valence-electron chi connectivity index (χ2n) is 3.85. The summed E-state index contributed by atoms with van der Waals surface area (Å²) in [5.41, 5.74) is 0. The van der Waals surface area contributed by atoms with Crippen molar-refractivity contribution in [3.63, 3.8) is 0 Å². The summed E-state index contributed by atoms with van der Waals surface area (Å²) in [5, 5.41) is 10.8. The Morgan fingerprint density at radius 3 is 2.65 bits per heavy atom. The van der Waals surface area contributed by atoms with E-state index in [-0.39, 0.29) is 6.42 Å². The molecule has 0 aliphatic rings. The number of carboxylic acids is 1. The Morgan fingerprint density at radius 1 is 1.12 bits per heavy atom. The molecule has 0 bridgehead atoms. The van der Waals surface area contributed by atoms with E-state index in [2.05, 4.69) is 0 Å². The van der Waals surface area contributed by atoms with Crippen LogP contribution in [0.25, 0.3) is 10.8 Å². The molecular formula is C14H14O3. The van der Waals surface area contributed by atoms with Crippen LogP contribution in [-0.4, -0.2) is 17.7 Å². The van der Waals surface area contributed by atoms with Crippen molar-refractivity contribution < 1.29 is 14.6 Å². The topological polar surface area (TPSA) is 46.5 Å². The first-order valence-corrected chi connectivity index (χ1v) is 5.59. The van der Waals surface area contributed by atoms with Gasteiger partial charge in [-0.1, -0.05) is 30.3 Å². The predicted molar refractivity (Wildman–Crippen MR) is 66.3 cm³/mol. The van der Waals surface area contributed by atoms with Crippen molar-refractivity contribution in [1.82, 2.24) is 0 Å². The van der Waals surface area contributed by atoms with E-state index in [0.29, 0.717) is 13.0 Å². The van der Waals surface area contributed by atoms with E-state index in [1.165, 1.54) is 5.39 Å². The van der Waals surface area contributed by atoms with E-state index in [0.717, 1.165) is 11.1 Å². The lowest BCUT2D eigenvalue weighted by molar-refractivity contribution is -0.137. The quantitative estimate of drug-likeness (QED) is 0.803. The first-order valence-electron chi connectivity index (χ1n) is 5.59. The molecule has 0 radical (unpaired) electrons. The highest BCUT2D eigenvalue weighted by Gasteiger charge is 1.99. The van der Waals surface area contributed by atoms with Crippen molar-refractivity contribution >= 4 is 16.7 Å². The van der Waals surface area contributed by atoms with Crippen LogP contribution in [0.3, 0.4) is 0 Å². The van der Waals surface area contributed by atoms with Gasteiger partial charge in [-0.05, 0) is 29.3 Å². The molecule has 0 fully saturated rings. The van der Waals surface area contributed by atoms with Crippen LogP contribution < -0.4 is 4.74 Å². The Labute approximate surface area is 99.6 Å². The molecule has 0 aliphatic carbocycles. The van der Waals surface area contributed by atoms with E-state index < -0.39 is 5.97 Å². The summed E-state index contributed by atoms with van der Waals surface area (Å²) in [6.07, 6.45) is 0.676. The number of hydrogen-bond donors (Lipinski definition) is 1. The molecule has 1 N–H and O–H groups in total. The molecule has 0 saturated carbocycles. The first kappa shape index (κ1) is 11.5. The highest BCUT2D eigenvalue weighted by Crippen LogP contribution is 2.20. The van der Waals surface area contributed by atoms with E-state index in [1.54, 1.807) is 0 Å². The largest absolute Gasteiger partial charge is 0.494 e. The third-order valence-electron chi connectivity index (χ3n) is 2.52. The predicted octanol–water partition coefficient (Wildman–Crippen LogP) is 3.08. The van der Waals surface area contributed by atoms with Crippen LogP contribution in [-0.2, 0) is 4.79 Å². The van der Waals surface area contributed by atoms with E-state index in [9.17, 15) is 4.79 Å². The number of carbonyl (C=O) groups is 1. The maximum atomic E-state index is 10.3. The van der Waals surface area contributed by atoms with Crippen LogP contribution in [0.4, 0.5) is 0 Å². The highest BCUT2D eigenvalue weighted by atomic mass is 16.5. The minimum Gasteiger partial charge on any atom is -0.494 e. The van der Waals surface area contributed by atoms with Gasteiger partial charge in [-0.3, -0.25) is 4.79 Å². The molecule has 0 heterocycles. The summed E-state index contributed by atoms with van der Waals surface area (Å²) >= 11 is 0. The Bertz CT molecular complexity index is 520. The van der Waals surface area contributed by atoms with Crippen LogP contribution in [0.5, 0.6) is 5.75 Å². The van der Waals surface area contributed by atoms with Gasteiger partial charge in [0.1, 0.15) is 5.75 Å². The fourth-order valence-corrected chi connectivity index (χ4v) is 1.67. The monoisotopic (exact) mass is 230 g/mol. The van der Waals surface area contributed by atoms with Crippen molar-refractivity contribution in [1.29, 1.82) is 0 Å². The molecule has 17 heavy (non-hydrogen) atoms. The minimum atomic E-state index is -0.785. The molecule has 2 aromatic rings. The molecule has 0 aromatic heterocycles. The molecule has 0 saturated heterocycles. The highest BCUT2D eigenvalue weighted by molar-refractivity contribution is 5.83. The van der Waals surface area contributed by atoms with Crippen molar-refractivity contribution in [2.75, 3.05) is 6.61 Å². The van der Waals surface area contributed by atoms with Gasteiger partial charge in [0.15, 0.2) is 0 Å². The molecule has 2 aromatic carbocycles. The minimum absolute atomic E-state index is 0.146. The number of fused-ring (bicyclic) bond motifs is 1. The molecule has 0 aliphatic heterocycles. The van der Waals surface area contributed by atoms with Gasteiger partial charge in [0.25, 0.3) is 0 Å². The zero-order valence-electron chi connectivity index (χ0n) is 9.43. The number of carboxylic acid groups (broad SMARTS) is 1. The molecule has 2 rings (SSSR count). The summed E-state index contributed by atoms with van der Waals surface area (Å²) in [4.78, 5) is 10.3. The van der Waals surface area contributed by atoms with Crippen LogP contribution in [0.15, 0.2) is 42.5 Å². The summed E-state index contributed by atoms with van der Waals surface area (Å²) in [6, 6.07) is 13.9. The Morgan fingerprint density at radius 2 is 1.88 bits per heavy atom. The average molecular weight is 230 g/mol. The summed E-state index contributed by atoms with van der Waals surface area (Å²) in [7, 11) is 0. The lowest BCUT2D eigenvalue weighted by atomic mass is 10.1. The zero-order valence-corrected chi connectivity index (χ0v) is 9.43. The number of aliphatic carboxylic acids is 1. The van der Waals surface area contributed by atoms with Crippen molar-refractivity contribution in [3.05, 3.63) is 42.5 Å². The maximum absolute atomic E-state index is 10.3. The molecule has 3 heteroatoms. The van der Waals surface area contributed by atoms with Gasteiger partial charge in [0, 0.05) is 6.42 Å². The van der Waals surface area contributed by atoms with Crippen molar-refractivity contribution in [2.24, 2.45) is 0 Å². The summed E-state index contributed by atoms with van der Waals surface area (Å²) in [5.74, 6) is 0.00111. The molecule has 3 nitrogen and oxygen atoms in total. The summed E-state index contributed by atoms with van der Waals surface area (Å²) in [6.45, 7) is 0.435. The van der Waals surface area contributed by atoms with E-state index >= 15 is 0 Å². The van der Waals surface area contributed by atoms with E-state index in [1.807, 2.05) is 42.5 Å². The number of benzene rings is 2. The van der Waals surface area contributed by atoms with Crippen LogP contribution in [0.1, 0.15) is 12.8 Å². The van der Waals surface area contributed by atoms with Crippen molar-refractivity contribution in [2.45, 2.75) is 12.8 Å². The fraction of sp³-hybridized carbons (Fsp3) is 0.214. The molecule has 0 atom stereocenters. The van der Waals surface area contributed by atoms with Gasteiger partial charge in [0.05, 0.1) is 6.61 Å². The van der Waals surface area contributed by atoms with Gasteiger partial charge in [-0.25, -0.2) is 0 Å². The van der Waals surface area contributed by atoms with Gasteiger partial charge in [-0.15, -0.1) is 0 Å². The normalized spacial score (nSPS) is 10.4. The average Bonchev–Trinajstić information content (AvgIpc) is 2.34. The second kappa shape index (κ2) is 5.34. The number of hydrogen-bond acceptors (Lipinski definition) is 2. The van der Waals surface area contributed by atoms with Crippen LogP contribution in [0.2, 0.25) is 0 Å². The maximum Gasteiger partial charge on any atom is 0.303 e. The molecule has 0 spiro atoms. The standard InChI is InChI=1S/C14H14O3/c15-14(16)6-3-9-17-13-8-7-11-4-1-2-5-12(11)10-13/h1-2,4-5,7-8,10H,3,6,9H2,(H,15,16). The third-order valence-corrected chi connectivity index (χ3v) is 2.52. The molecular weight excluding hydrogens is 216 g/mol. The Kier molecular flexibility index (Phi) is 3.60. The zero-order chi connectivity index (χ0) is 12.1. The van der Waals surface area contributed by atoms with Gasteiger partial charge < -0.3 is 9.84 Å². The lowest BCUT2D eigenvalue weighted by Gasteiger charge is -2.06. The smallest absolute Gasteiger partial charge is 0.303 e. The van der Waals surface area contributed by atoms with Gasteiger partial charge >= 0.3 is 5.97 Å². The van der Waals surface area contributed by atoms with Gasteiger partial charge in [-0.2, -0.15) is 0 Å². The SMILES string of the molecule is O=C(O)CCCOc1ccc2ccccc2c1.